The van der Waals surface area contributed by atoms with Crippen molar-refractivity contribution in [1.29, 1.82) is 0 Å². The highest BCUT2D eigenvalue weighted by atomic mass is 16.3. The molecule has 0 aliphatic carbocycles. The van der Waals surface area contributed by atoms with E-state index in [4.69, 9.17) is 0 Å². The number of rotatable bonds is 8. The zero-order valence-corrected chi connectivity index (χ0v) is 11.4. The second-order valence-electron chi connectivity index (χ2n) is 4.45. The Bertz CT molecular complexity index is 390. The van der Waals surface area contributed by atoms with Crippen LogP contribution < -0.4 is 5.43 Å². The van der Waals surface area contributed by atoms with Crippen LogP contribution in [0.25, 0.3) is 0 Å². The molecular weight excluding hydrogens is 240 g/mol. The summed E-state index contributed by atoms with van der Waals surface area (Å²) in [4.78, 5) is 11.6. The number of benzene rings is 1. The highest BCUT2D eigenvalue weighted by molar-refractivity contribution is 5.82. The monoisotopic (exact) mass is 262 g/mol. The minimum Gasteiger partial charge on any atom is -0.378 e. The summed E-state index contributed by atoms with van der Waals surface area (Å²) in [6, 6.07) is 8.81. The van der Waals surface area contributed by atoms with Gasteiger partial charge in [-0.25, -0.2) is 5.43 Å². The van der Waals surface area contributed by atoms with Gasteiger partial charge in [-0.15, -0.1) is 0 Å². The van der Waals surface area contributed by atoms with Crippen molar-refractivity contribution in [3.8, 4) is 0 Å². The SMILES string of the molecule is CCCCCCC=NNC(=O)C(O)c1ccccc1. The van der Waals surface area contributed by atoms with E-state index in [2.05, 4.69) is 17.5 Å². The molecule has 0 aliphatic rings. The standard InChI is InChI=1S/C15H22N2O2/c1-2-3-4-5-9-12-16-17-15(19)14(18)13-10-7-6-8-11-13/h6-8,10-12,14,18H,2-5,9H2,1H3,(H,17,19). The Hall–Kier alpha value is -1.68. The molecule has 1 aromatic carbocycles. The number of hydrogen-bond acceptors (Lipinski definition) is 3. The van der Waals surface area contributed by atoms with E-state index in [9.17, 15) is 9.90 Å². The fourth-order valence-electron chi connectivity index (χ4n) is 1.68. The van der Waals surface area contributed by atoms with Crippen LogP contribution in [0.5, 0.6) is 0 Å². The first-order valence-electron chi connectivity index (χ1n) is 6.80. The predicted molar refractivity (Wildman–Crippen MR) is 76.8 cm³/mol. The van der Waals surface area contributed by atoms with E-state index in [1.165, 1.54) is 19.3 Å². The first-order valence-corrected chi connectivity index (χ1v) is 6.80. The molecule has 1 amide bonds. The Balaban J connectivity index is 2.25. The molecule has 0 aliphatic heterocycles. The van der Waals surface area contributed by atoms with Crippen LogP contribution in [-0.4, -0.2) is 17.2 Å². The Morgan fingerprint density at radius 1 is 1.32 bits per heavy atom. The van der Waals surface area contributed by atoms with Crippen molar-refractivity contribution in [2.45, 2.75) is 45.1 Å². The molecule has 1 atom stereocenters. The van der Waals surface area contributed by atoms with Crippen LogP contribution in [0.4, 0.5) is 0 Å². The highest BCUT2D eigenvalue weighted by Gasteiger charge is 2.15. The lowest BCUT2D eigenvalue weighted by Crippen LogP contribution is -2.25. The third kappa shape index (κ3) is 6.15. The average Bonchev–Trinajstić information content (AvgIpc) is 2.46. The normalized spacial score (nSPS) is 12.5. The minimum atomic E-state index is -1.17. The summed E-state index contributed by atoms with van der Waals surface area (Å²) in [6.45, 7) is 2.17. The summed E-state index contributed by atoms with van der Waals surface area (Å²) >= 11 is 0. The molecule has 104 valence electrons. The number of aliphatic hydroxyl groups excluding tert-OH is 1. The van der Waals surface area contributed by atoms with Gasteiger partial charge in [-0.05, 0) is 18.4 Å². The molecule has 0 saturated carbocycles. The molecule has 0 fully saturated rings. The maximum Gasteiger partial charge on any atom is 0.273 e. The minimum absolute atomic E-state index is 0.504. The van der Waals surface area contributed by atoms with Crippen LogP contribution in [0.1, 0.15) is 50.7 Å². The maximum atomic E-state index is 11.6. The number of carbonyl (C=O) groups is 1. The molecule has 2 N–H and O–H groups in total. The third-order valence-corrected chi connectivity index (χ3v) is 2.82. The van der Waals surface area contributed by atoms with E-state index >= 15 is 0 Å². The number of unbranched alkanes of at least 4 members (excludes halogenated alkanes) is 4. The van der Waals surface area contributed by atoms with Gasteiger partial charge in [-0.2, -0.15) is 5.10 Å². The average molecular weight is 262 g/mol. The number of hydrazone groups is 1. The number of amides is 1. The Morgan fingerprint density at radius 2 is 2.05 bits per heavy atom. The Morgan fingerprint density at radius 3 is 2.74 bits per heavy atom. The smallest absolute Gasteiger partial charge is 0.273 e. The summed E-state index contributed by atoms with van der Waals surface area (Å²) < 4.78 is 0. The predicted octanol–water partition coefficient (Wildman–Crippen LogP) is 2.79. The maximum absolute atomic E-state index is 11.6. The molecule has 0 radical (unpaired) electrons. The first-order chi connectivity index (χ1) is 9.25. The lowest BCUT2D eigenvalue weighted by molar-refractivity contribution is -0.129. The van der Waals surface area contributed by atoms with Crippen LogP contribution in [0.3, 0.4) is 0 Å². The lowest BCUT2D eigenvalue weighted by atomic mass is 10.1. The number of hydrogen-bond donors (Lipinski definition) is 2. The van der Waals surface area contributed by atoms with Crippen LogP contribution >= 0.6 is 0 Å². The van der Waals surface area contributed by atoms with Crippen molar-refractivity contribution < 1.29 is 9.90 Å². The molecule has 1 aromatic rings. The van der Waals surface area contributed by atoms with Crippen LogP contribution in [0, 0.1) is 0 Å². The lowest BCUT2D eigenvalue weighted by Gasteiger charge is -2.08. The van der Waals surface area contributed by atoms with Crippen LogP contribution in [-0.2, 0) is 4.79 Å². The largest absolute Gasteiger partial charge is 0.378 e. The topological polar surface area (TPSA) is 61.7 Å². The molecule has 0 aromatic heterocycles. The molecule has 0 heterocycles. The van der Waals surface area contributed by atoms with E-state index in [1.807, 2.05) is 6.07 Å². The molecule has 1 unspecified atom stereocenters. The molecule has 19 heavy (non-hydrogen) atoms. The second-order valence-corrected chi connectivity index (χ2v) is 4.45. The Kier molecular flexibility index (Phi) is 7.51. The van der Waals surface area contributed by atoms with Crippen molar-refractivity contribution in [1.82, 2.24) is 5.43 Å². The number of aliphatic hydroxyl groups is 1. The summed E-state index contributed by atoms with van der Waals surface area (Å²) in [6.07, 6.45) is 6.06. The third-order valence-electron chi connectivity index (χ3n) is 2.82. The zero-order chi connectivity index (χ0) is 13.9. The molecule has 4 heteroatoms. The van der Waals surface area contributed by atoms with Crippen molar-refractivity contribution >= 4 is 12.1 Å². The second kappa shape index (κ2) is 9.28. The molecule has 0 bridgehead atoms. The molecule has 0 spiro atoms. The van der Waals surface area contributed by atoms with E-state index in [0.29, 0.717) is 5.56 Å². The first kappa shape index (κ1) is 15.4. The number of carbonyl (C=O) groups excluding carboxylic acids is 1. The van der Waals surface area contributed by atoms with E-state index in [0.717, 1.165) is 12.8 Å². The summed E-state index contributed by atoms with van der Waals surface area (Å²) in [7, 11) is 0. The van der Waals surface area contributed by atoms with Gasteiger partial charge in [-0.1, -0.05) is 56.5 Å². The van der Waals surface area contributed by atoms with Gasteiger partial charge in [0.05, 0.1) is 0 Å². The number of nitrogens with zero attached hydrogens (tertiary/aromatic N) is 1. The number of nitrogens with one attached hydrogen (secondary N) is 1. The zero-order valence-electron chi connectivity index (χ0n) is 11.4. The van der Waals surface area contributed by atoms with Gasteiger partial charge in [0.15, 0.2) is 6.10 Å². The van der Waals surface area contributed by atoms with Gasteiger partial charge >= 0.3 is 0 Å². The molecular formula is C15H22N2O2. The summed E-state index contributed by atoms with van der Waals surface area (Å²) in [5, 5.41) is 13.6. The molecule has 4 nitrogen and oxygen atoms in total. The summed E-state index contributed by atoms with van der Waals surface area (Å²) in [5.41, 5.74) is 2.92. The van der Waals surface area contributed by atoms with Gasteiger partial charge < -0.3 is 5.11 Å². The van der Waals surface area contributed by atoms with Crippen LogP contribution in [0.2, 0.25) is 0 Å². The van der Waals surface area contributed by atoms with Crippen molar-refractivity contribution in [3.63, 3.8) is 0 Å². The van der Waals surface area contributed by atoms with Crippen molar-refractivity contribution in [2.24, 2.45) is 5.10 Å². The van der Waals surface area contributed by atoms with E-state index in [-0.39, 0.29) is 0 Å². The fourth-order valence-corrected chi connectivity index (χ4v) is 1.68. The highest BCUT2D eigenvalue weighted by Crippen LogP contribution is 2.11. The van der Waals surface area contributed by atoms with Crippen molar-refractivity contribution in [3.05, 3.63) is 35.9 Å². The van der Waals surface area contributed by atoms with Gasteiger partial charge in [0.2, 0.25) is 0 Å². The van der Waals surface area contributed by atoms with Gasteiger partial charge in [0.25, 0.3) is 5.91 Å². The van der Waals surface area contributed by atoms with Gasteiger partial charge in [-0.3, -0.25) is 4.79 Å². The summed E-state index contributed by atoms with van der Waals surface area (Å²) in [5.74, 6) is -0.504. The molecule has 0 saturated heterocycles. The van der Waals surface area contributed by atoms with Gasteiger partial charge in [0.1, 0.15) is 0 Å². The van der Waals surface area contributed by atoms with Gasteiger partial charge in [0, 0.05) is 6.21 Å². The van der Waals surface area contributed by atoms with E-state index < -0.39 is 12.0 Å². The van der Waals surface area contributed by atoms with E-state index in [1.54, 1.807) is 30.5 Å². The molecule has 1 rings (SSSR count). The fraction of sp³-hybridized carbons (Fsp3) is 0.467. The Labute approximate surface area is 114 Å². The van der Waals surface area contributed by atoms with Crippen molar-refractivity contribution in [2.75, 3.05) is 0 Å². The quantitative estimate of drug-likeness (QED) is 0.430. The van der Waals surface area contributed by atoms with Crippen LogP contribution in [0.15, 0.2) is 35.4 Å².